The number of carbonyl (C=O) groups excluding carboxylic acids is 2. The number of ether oxygens (including phenoxy) is 1. The molecule has 2 aliphatic rings. The molecule has 1 unspecified atom stereocenters. The van der Waals surface area contributed by atoms with Crippen LogP contribution in [0.5, 0.6) is 0 Å². The summed E-state index contributed by atoms with van der Waals surface area (Å²) < 4.78 is 5.65. The molecule has 4 rings (SSSR count). The minimum Gasteiger partial charge on any atom is -0.481 e. The third-order valence-electron chi connectivity index (χ3n) is 7.18. The Bertz CT molecular complexity index is 1020. The van der Waals surface area contributed by atoms with Crippen LogP contribution < -0.4 is 10.6 Å². The van der Waals surface area contributed by atoms with Crippen LogP contribution in [-0.4, -0.2) is 41.8 Å². The third-order valence-corrected chi connectivity index (χ3v) is 7.18. The number of rotatable bonds is 10. The van der Waals surface area contributed by atoms with E-state index < -0.39 is 12.1 Å². The standard InChI is InChI=1S/C28H34N2O5/c1-2-8-19(16-26(31)30-25-14-7-9-18(25)15-27(32)33)29-28(34)35-17-24-22-12-5-3-10-20(22)21-11-4-6-13-23(21)24/h3-6,10-13,18-19,24-25H,2,7-9,14-17H2,1H3,(H,29,34)(H,30,31)(H,32,33)/t18-,19?,25+/m0/s1. The Labute approximate surface area is 206 Å². The van der Waals surface area contributed by atoms with Gasteiger partial charge >= 0.3 is 12.1 Å². The summed E-state index contributed by atoms with van der Waals surface area (Å²) in [5, 5.41) is 15.0. The molecule has 35 heavy (non-hydrogen) atoms. The Morgan fingerprint density at radius 2 is 1.69 bits per heavy atom. The second kappa shape index (κ2) is 11.4. The molecule has 3 N–H and O–H groups in total. The third kappa shape index (κ3) is 6.02. The van der Waals surface area contributed by atoms with Crippen molar-refractivity contribution < 1.29 is 24.2 Å². The van der Waals surface area contributed by atoms with E-state index in [0.29, 0.717) is 6.42 Å². The number of hydrogen-bond donors (Lipinski definition) is 3. The Morgan fingerprint density at radius 1 is 1.03 bits per heavy atom. The van der Waals surface area contributed by atoms with Crippen molar-refractivity contribution in [2.24, 2.45) is 5.92 Å². The molecule has 7 nitrogen and oxygen atoms in total. The topological polar surface area (TPSA) is 105 Å². The predicted molar refractivity (Wildman–Crippen MR) is 133 cm³/mol. The van der Waals surface area contributed by atoms with Crippen molar-refractivity contribution >= 4 is 18.0 Å². The average molecular weight is 479 g/mol. The van der Waals surface area contributed by atoms with Gasteiger partial charge < -0.3 is 20.5 Å². The van der Waals surface area contributed by atoms with Crippen LogP contribution in [0.3, 0.4) is 0 Å². The zero-order valence-corrected chi connectivity index (χ0v) is 20.2. The van der Waals surface area contributed by atoms with Crippen LogP contribution in [-0.2, 0) is 14.3 Å². The van der Waals surface area contributed by atoms with Crippen LogP contribution in [0.2, 0.25) is 0 Å². The molecule has 0 heterocycles. The van der Waals surface area contributed by atoms with Gasteiger partial charge in [-0.2, -0.15) is 0 Å². The van der Waals surface area contributed by atoms with Gasteiger partial charge in [-0.1, -0.05) is 68.3 Å². The van der Waals surface area contributed by atoms with E-state index in [9.17, 15) is 14.4 Å². The summed E-state index contributed by atoms with van der Waals surface area (Å²) in [6.07, 6.45) is 3.68. The average Bonchev–Trinajstić information content (AvgIpc) is 3.39. The maximum Gasteiger partial charge on any atom is 0.407 e. The Hall–Kier alpha value is -3.35. The molecule has 0 saturated heterocycles. The Morgan fingerprint density at radius 3 is 2.31 bits per heavy atom. The van der Waals surface area contributed by atoms with Crippen molar-refractivity contribution in [3.8, 4) is 11.1 Å². The SMILES string of the molecule is CCCC(CC(=O)N[C@@H]1CCC[C@H]1CC(=O)O)NC(=O)OCC1c2ccccc2-c2ccccc21. The van der Waals surface area contributed by atoms with Crippen molar-refractivity contribution in [3.63, 3.8) is 0 Å². The van der Waals surface area contributed by atoms with E-state index in [-0.39, 0.29) is 49.3 Å². The molecule has 1 fully saturated rings. The lowest BCUT2D eigenvalue weighted by Crippen LogP contribution is -2.43. The zero-order chi connectivity index (χ0) is 24.8. The van der Waals surface area contributed by atoms with Gasteiger partial charge in [0, 0.05) is 24.4 Å². The first-order valence-electron chi connectivity index (χ1n) is 12.6. The lowest BCUT2D eigenvalue weighted by atomic mass is 9.98. The van der Waals surface area contributed by atoms with Crippen LogP contribution in [0, 0.1) is 5.92 Å². The van der Waals surface area contributed by atoms with Gasteiger partial charge in [0.2, 0.25) is 5.91 Å². The Kier molecular flexibility index (Phi) is 8.06. The summed E-state index contributed by atoms with van der Waals surface area (Å²) in [5.74, 6) is -1.05. The molecular formula is C28H34N2O5. The number of alkyl carbamates (subject to hydrolysis) is 1. The highest BCUT2D eigenvalue weighted by Crippen LogP contribution is 2.44. The predicted octanol–water partition coefficient (Wildman–Crippen LogP) is 4.84. The van der Waals surface area contributed by atoms with Crippen molar-refractivity contribution in [2.75, 3.05) is 6.61 Å². The summed E-state index contributed by atoms with van der Waals surface area (Å²) in [5.41, 5.74) is 4.65. The van der Waals surface area contributed by atoms with E-state index in [0.717, 1.165) is 36.8 Å². The number of carbonyl (C=O) groups is 3. The molecule has 2 aromatic carbocycles. The van der Waals surface area contributed by atoms with Crippen LogP contribution in [0.4, 0.5) is 4.79 Å². The zero-order valence-electron chi connectivity index (χ0n) is 20.2. The quantitative estimate of drug-likeness (QED) is 0.453. The molecular weight excluding hydrogens is 444 g/mol. The largest absolute Gasteiger partial charge is 0.481 e. The summed E-state index contributed by atoms with van der Waals surface area (Å²) >= 11 is 0. The highest BCUT2D eigenvalue weighted by molar-refractivity contribution is 5.80. The van der Waals surface area contributed by atoms with Gasteiger partial charge in [0.15, 0.2) is 0 Å². The number of aliphatic carboxylic acids is 1. The minimum atomic E-state index is -0.836. The van der Waals surface area contributed by atoms with Gasteiger partial charge in [-0.15, -0.1) is 0 Å². The van der Waals surface area contributed by atoms with Crippen LogP contribution in [0.1, 0.15) is 68.9 Å². The van der Waals surface area contributed by atoms with E-state index in [1.807, 2.05) is 31.2 Å². The van der Waals surface area contributed by atoms with Gasteiger partial charge in [0.25, 0.3) is 0 Å². The second-order valence-corrected chi connectivity index (χ2v) is 9.62. The molecule has 0 aliphatic heterocycles. The molecule has 2 amide bonds. The fourth-order valence-electron chi connectivity index (χ4n) is 5.57. The van der Waals surface area contributed by atoms with Gasteiger partial charge in [-0.3, -0.25) is 9.59 Å². The van der Waals surface area contributed by atoms with Gasteiger partial charge in [-0.25, -0.2) is 4.79 Å². The molecule has 0 aromatic heterocycles. The molecule has 2 aliphatic carbocycles. The summed E-state index contributed by atoms with van der Waals surface area (Å²) in [4.78, 5) is 36.5. The number of amides is 2. The lowest BCUT2D eigenvalue weighted by molar-refractivity contribution is -0.138. The van der Waals surface area contributed by atoms with E-state index in [4.69, 9.17) is 9.84 Å². The molecule has 0 bridgehead atoms. The summed E-state index contributed by atoms with van der Waals surface area (Å²) in [6.45, 7) is 2.23. The highest BCUT2D eigenvalue weighted by Gasteiger charge is 2.31. The van der Waals surface area contributed by atoms with Gasteiger partial charge in [-0.05, 0) is 47.4 Å². The molecule has 2 aromatic rings. The highest BCUT2D eigenvalue weighted by atomic mass is 16.5. The maximum absolute atomic E-state index is 12.7. The Balaban J connectivity index is 1.31. The van der Waals surface area contributed by atoms with Gasteiger partial charge in [0.05, 0.1) is 6.42 Å². The molecule has 0 spiro atoms. The number of fused-ring (bicyclic) bond motifs is 3. The molecule has 7 heteroatoms. The fourth-order valence-corrected chi connectivity index (χ4v) is 5.57. The van der Waals surface area contributed by atoms with Gasteiger partial charge in [0.1, 0.15) is 6.61 Å². The maximum atomic E-state index is 12.7. The second-order valence-electron chi connectivity index (χ2n) is 9.62. The summed E-state index contributed by atoms with van der Waals surface area (Å²) in [6, 6.07) is 15.9. The van der Waals surface area contributed by atoms with E-state index in [1.54, 1.807) is 0 Å². The van der Waals surface area contributed by atoms with E-state index in [2.05, 4.69) is 34.9 Å². The van der Waals surface area contributed by atoms with Crippen molar-refractivity contribution in [1.29, 1.82) is 0 Å². The first-order chi connectivity index (χ1) is 17.0. The molecule has 1 saturated carbocycles. The van der Waals surface area contributed by atoms with Crippen LogP contribution in [0.25, 0.3) is 11.1 Å². The smallest absolute Gasteiger partial charge is 0.407 e. The number of nitrogens with one attached hydrogen (secondary N) is 2. The monoisotopic (exact) mass is 478 g/mol. The number of carboxylic acid groups (broad SMARTS) is 1. The summed E-state index contributed by atoms with van der Waals surface area (Å²) in [7, 11) is 0. The normalized spacial score (nSPS) is 19.5. The molecule has 0 radical (unpaired) electrons. The fraction of sp³-hybridized carbons (Fsp3) is 0.464. The number of hydrogen-bond acceptors (Lipinski definition) is 4. The molecule has 3 atom stereocenters. The number of benzene rings is 2. The molecule has 186 valence electrons. The first-order valence-corrected chi connectivity index (χ1v) is 12.6. The lowest BCUT2D eigenvalue weighted by Gasteiger charge is -2.23. The van der Waals surface area contributed by atoms with E-state index >= 15 is 0 Å². The number of carboxylic acids is 1. The van der Waals surface area contributed by atoms with E-state index in [1.165, 1.54) is 11.1 Å². The van der Waals surface area contributed by atoms with Crippen molar-refractivity contribution in [1.82, 2.24) is 10.6 Å². The van der Waals surface area contributed by atoms with Crippen molar-refractivity contribution in [3.05, 3.63) is 59.7 Å². The van der Waals surface area contributed by atoms with Crippen LogP contribution in [0.15, 0.2) is 48.5 Å². The minimum absolute atomic E-state index is 0.0189. The first kappa shape index (κ1) is 24.8. The van der Waals surface area contributed by atoms with Crippen LogP contribution >= 0.6 is 0 Å². The van der Waals surface area contributed by atoms with Crippen molar-refractivity contribution in [2.45, 2.75) is 69.9 Å².